The van der Waals surface area contributed by atoms with E-state index in [2.05, 4.69) is 64.9 Å². The maximum Gasteiger partial charge on any atom is 0.341 e. The van der Waals surface area contributed by atoms with Crippen LogP contribution in [0, 0.1) is 0 Å². The van der Waals surface area contributed by atoms with Crippen LogP contribution in [-0.4, -0.2) is 39.8 Å². The van der Waals surface area contributed by atoms with Gasteiger partial charge in [-0.3, -0.25) is 4.79 Å². The topological polar surface area (TPSA) is 83.1 Å². The minimum absolute atomic E-state index is 0.114. The number of anilines is 1. The fraction of sp³-hybridized carbons (Fsp3) is 0.417. The van der Waals surface area contributed by atoms with Crippen molar-refractivity contribution in [2.24, 2.45) is 0 Å². The largest absolute Gasteiger partial charge is 0.492 e. The van der Waals surface area contributed by atoms with Gasteiger partial charge in [0.05, 0.1) is 35.8 Å². The van der Waals surface area contributed by atoms with Gasteiger partial charge < -0.3 is 24.3 Å². The van der Waals surface area contributed by atoms with E-state index < -0.39 is 18.5 Å². The molecule has 0 saturated heterocycles. The highest BCUT2D eigenvalue weighted by Gasteiger charge is 2.29. The second kappa shape index (κ2) is 11.7. The number of amides is 1. The molecule has 0 heterocycles. The molecule has 0 aliphatic carbocycles. The Hall–Kier alpha value is -2.26. The molecule has 180 valence electrons. The fourth-order valence-electron chi connectivity index (χ4n) is 3.43. The van der Waals surface area contributed by atoms with Gasteiger partial charge in [0, 0.05) is 5.69 Å². The zero-order valence-corrected chi connectivity index (χ0v) is 23.0. The summed E-state index contributed by atoms with van der Waals surface area (Å²) in [5.41, 5.74) is 2.92. The molecule has 0 radical (unpaired) electrons. The summed E-state index contributed by atoms with van der Waals surface area (Å²) in [7, 11) is 4.34. The van der Waals surface area contributed by atoms with Crippen molar-refractivity contribution < 1.29 is 28.5 Å². The predicted octanol–water partition coefficient (Wildman–Crippen LogP) is 6.28. The standard InChI is InChI=1S/C24H29Br2NO6/c1-12(2)14-9-8-10-15(13(3)4)20(14)27-16(28)11-33-24(29)17-18(25)21(30-5)23(32-7)22(31-6)19(17)26/h8-10,12-13H,11H2,1-7H3,(H,27,28). The van der Waals surface area contributed by atoms with E-state index in [4.69, 9.17) is 18.9 Å². The number of methoxy groups -OCH3 is 3. The van der Waals surface area contributed by atoms with E-state index >= 15 is 0 Å². The van der Waals surface area contributed by atoms with Gasteiger partial charge in [-0.2, -0.15) is 0 Å². The molecule has 7 nitrogen and oxygen atoms in total. The van der Waals surface area contributed by atoms with Gasteiger partial charge in [-0.25, -0.2) is 4.79 Å². The number of ether oxygens (including phenoxy) is 4. The summed E-state index contributed by atoms with van der Waals surface area (Å²) >= 11 is 6.74. The minimum atomic E-state index is -0.732. The molecule has 0 aromatic heterocycles. The molecule has 2 rings (SSSR count). The van der Waals surface area contributed by atoms with E-state index in [1.54, 1.807) is 0 Å². The van der Waals surface area contributed by atoms with Crippen LogP contribution in [0.5, 0.6) is 17.2 Å². The van der Waals surface area contributed by atoms with Crippen molar-refractivity contribution in [1.82, 2.24) is 0 Å². The molecule has 0 aliphatic rings. The quantitative estimate of drug-likeness (QED) is 0.348. The number of nitrogens with one attached hydrogen (secondary N) is 1. The summed E-state index contributed by atoms with van der Waals surface area (Å²) < 4.78 is 22.1. The molecule has 0 atom stereocenters. The van der Waals surface area contributed by atoms with E-state index in [0.717, 1.165) is 16.8 Å². The number of carbonyl (C=O) groups is 2. The van der Waals surface area contributed by atoms with Crippen LogP contribution in [0.4, 0.5) is 5.69 Å². The average molecular weight is 587 g/mol. The Morgan fingerprint density at radius 2 is 1.30 bits per heavy atom. The highest BCUT2D eigenvalue weighted by molar-refractivity contribution is 9.11. The molecule has 9 heteroatoms. The van der Waals surface area contributed by atoms with Crippen LogP contribution in [0.3, 0.4) is 0 Å². The number of benzene rings is 2. The van der Waals surface area contributed by atoms with Crippen molar-refractivity contribution in [3.8, 4) is 17.2 Å². The van der Waals surface area contributed by atoms with E-state index in [1.165, 1.54) is 21.3 Å². The summed E-state index contributed by atoms with van der Waals surface area (Å²) in [6, 6.07) is 5.96. The van der Waals surface area contributed by atoms with E-state index in [-0.39, 0.29) is 28.9 Å². The lowest BCUT2D eigenvalue weighted by molar-refractivity contribution is -0.119. The predicted molar refractivity (Wildman–Crippen MR) is 135 cm³/mol. The molecule has 0 spiro atoms. The molecule has 0 fully saturated rings. The third-order valence-electron chi connectivity index (χ3n) is 5.04. The van der Waals surface area contributed by atoms with Gasteiger partial charge in [-0.1, -0.05) is 45.9 Å². The average Bonchev–Trinajstić information content (AvgIpc) is 2.77. The number of hydrogen-bond acceptors (Lipinski definition) is 6. The molecule has 33 heavy (non-hydrogen) atoms. The zero-order valence-electron chi connectivity index (χ0n) is 19.8. The van der Waals surface area contributed by atoms with Crippen molar-refractivity contribution in [2.45, 2.75) is 39.5 Å². The van der Waals surface area contributed by atoms with Crippen LogP contribution >= 0.6 is 31.9 Å². The van der Waals surface area contributed by atoms with Crippen LogP contribution in [-0.2, 0) is 9.53 Å². The molecule has 0 saturated carbocycles. The first kappa shape index (κ1) is 27.0. The first-order valence-electron chi connectivity index (χ1n) is 10.4. The van der Waals surface area contributed by atoms with Crippen molar-refractivity contribution >= 4 is 49.4 Å². The second-order valence-corrected chi connectivity index (χ2v) is 9.43. The monoisotopic (exact) mass is 585 g/mol. The number of para-hydroxylation sites is 1. The van der Waals surface area contributed by atoms with E-state index in [0.29, 0.717) is 14.7 Å². The normalized spacial score (nSPS) is 10.9. The highest BCUT2D eigenvalue weighted by atomic mass is 79.9. The Labute approximate surface area is 211 Å². The fourth-order valence-corrected chi connectivity index (χ4v) is 5.10. The van der Waals surface area contributed by atoms with Gasteiger partial charge in [0.25, 0.3) is 5.91 Å². The Bertz CT molecular complexity index is 979. The first-order valence-corrected chi connectivity index (χ1v) is 11.9. The number of hydrogen-bond donors (Lipinski definition) is 1. The Morgan fingerprint density at radius 1 is 0.848 bits per heavy atom. The van der Waals surface area contributed by atoms with Gasteiger partial charge in [0.1, 0.15) is 0 Å². The van der Waals surface area contributed by atoms with Crippen LogP contribution in [0.2, 0.25) is 0 Å². The van der Waals surface area contributed by atoms with Crippen LogP contribution in [0.1, 0.15) is 61.0 Å². The van der Waals surface area contributed by atoms with Gasteiger partial charge in [-0.05, 0) is 54.8 Å². The maximum absolute atomic E-state index is 12.9. The number of rotatable bonds is 9. The van der Waals surface area contributed by atoms with E-state index in [1.807, 2.05) is 18.2 Å². The number of halogens is 2. The molecule has 0 bridgehead atoms. The molecular weight excluding hydrogens is 558 g/mol. The van der Waals surface area contributed by atoms with Gasteiger partial charge in [0.2, 0.25) is 5.75 Å². The van der Waals surface area contributed by atoms with Gasteiger partial charge in [0.15, 0.2) is 18.1 Å². The minimum Gasteiger partial charge on any atom is -0.492 e. The molecular formula is C24H29Br2NO6. The zero-order chi connectivity index (χ0) is 24.9. The molecule has 2 aromatic carbocycles. The summed E-state index contributed by atoms with van der Waals surface area (Å²) in [5, 5.41) is 2.93. The molecule has 1 amide bonds. The third kappa shape index (κ3) is 5.81. The molecule has 0 aliphatic heterocycles. The van der Waals surface area contributed by atoms with Gasteiger partial charge >= 0.3 is 5.97 Å². The lowest BCUT2D eigenvalue weighted by atomic mass is 9.92. The van der Waals surface area contributed by atoms with Crippen molar-refractivity contribution in [1.29, 1.82) is 0 Å². The van der Waals surface area contributed by atoms with Crippen LogP contribution < -0.4 is 19.5 Å². The summed E-state index contributed by atoms with van der Waals surface area (Å²) in [5.74, 6) is 0.102. The first-order chi connectivity index (χ1) is 15.6. The lowest BCUT2D eigenvalue weighted by Crippen LogP contribution is -2.23. The molecule has 0 unspecified atom stereocenters. The third-order valence-corrected chi connectivity index (χ3v) is 6.55. The lowest BCUT2D eigenvalue weighted by Gasteiger charge is -2.20. The highest BCUT2D eigenvalue weighted by Crippen LogP contribution is 2.50. The SMILES string of the molecule is COc1c(Br)c(C(=O)OCC(=O)Nc2c(C(C)C)cccc2C(C)C)c(Br)c(OC)c1OC. The summed E-state index contributed by atoms with van der Waals surface area (Å²) in [4.78, 5) is 25.6. The van der Waals surface area contributed by atoms with Crippen molar-refractivity contribution in [3.05, 3.63) is 43.8 Å². The smallest absolute Gasteiger partial charge is 0.341 e. The summed E-state index contributed by atoms with van der Waals surface area (Å²) in [6.45, 7) is 7.80. The number of esters is 1. The van der Waals surface area contributed by atoms with Gasteiger partial charge in [-0.15, -0.1) is 0 Å². The second-order valence-electron chi connectivity index (χ2n) is 7.85. The Morgan fingerprint density at radius 3 is 1.70 bits per heavy atom. The molecule has 1 N–H and O–H groups in total. The van der Waals surface area contributed by atoms with Crippen molar-refractivity contribution in [2.75, 3.05) is 33.3 Å². The van der Waals surface area contributed by atoms with Crippen LogP contribution in [0.25, 0.3) is 0 Å². The molecule has 2 aromatic rings. The van der Waals surface area contributed by atoms with Crippen molar-refractivity contribution in [3.63, 3.8) is 0 Å². The summed E-state index contributed by atoms with van der Waals surface area (Å²) in [6.07, 6.45) is 0. The van der Waals surface area contributed by atoms with Crippen LogP contribution in [0.15, 0.2) is 27.1 Å². The number of carbonyl (C=O) groups excluding carboxylic acids is 2. The Balaban J connectivity index is 2.29. The maximum atomic E-state index is 12.9. The Kier molecular flexibility index (Phi) is 9.60. The van der Waals surface area contributed by atoms with E-state index in [9.17, 15) is 9.59 Å².